The van der Waals surface area contributed by atoms with E-state index in [0.29, 0.717) is 0 Å². The van der Waals surface area contributed by atoms with Crippen molar-refractivity contribution >= 4 is 5.97 Å². The van der Waals surface area contributed by atoms with Crippen LogP contribution in [0.4, 0.5) is 0 Å². The van der Waals surface area contributed by atoms with E-state index < -0.39 is 5.97 Å². The number of hydrogen-bond acceptors (Lipinski definition) is 5. The van der Waals surface area contributed by atoms with Crippen LogP contribution in [0.25, 0.3) is 0 Å². The standard InChI is InChI=1S/C6H8N2O3/c1-2-10-6(9)5(11-8)3-4-7/h3H,2,8H2,1H3/b5-3+. The summed E-state index contributed by atoms with van der Waals surface area (Å²) in [6.45, 7) is 1.85. The molecule has 0 heterocycles. The summed E-state index contributed by atoms with van der Waals surface area (Å²) in [5.41, 5.74) is 0. The number of nitriles is 1. The minimum atomic E-state index is -0.739. The second-order valence-electron chi connectivity index (χ2n) is 1.48. The molecule has 0 aliphatic rings. The predicted octanol–water partition coefficient (Wildman–Crippen LogP) is -0.153. The first-order valence-electron chi connectivity index (χ1n) is 2.89. The lowest BCUT2D eigenvalue weighted by Crippen LogP contribution is -2.13. The molecule has 0 radical (unpaired) electrons. The molecule has 0 fully saturated rings. The summed E-state index contributed by atoms with van der Waals surface area (Å²) < 4.78 is 4.48. The SMILES string of the molecule is CCOC(=O)/C(=C\C#N)ON. The minimum Gasteiger partial charge on any atom is -0.460 e. The third-order valence-corrected chi connectivity index (χ3v) is 0.799. The monoisotopic (exact) mass is 156 g/mol. The lowest BCUT2D eigenvalue weighted by atomic mass is 10.5. The average molecular weight is 156 g/mol. The molecule has 2 N–H and O–H groups in total. The van der Waals surface area contributed by atoms with Gasteiger partial charge in [-0.1, -0.05) is 0 Å². The molecule has 0 atom stereocenters. The molecule has 5 heteroatoms. The molecule has 0 spiro atoms. The van der Waals surface area contributed by atoms with Gasteiger partial charge in [-0.2, -0.15) is 11.2 Å². The van der Waals surface area contributed by atoms with Crippen molar-refractivity contribution in [1.82, 2.24) is 0 Å². The Kier molecular flexibility index (Phi) is 4.52. The molecule has 0 aromatic heterocycles. The van der Waals surface area contributed by atoms with Gasteiger partial charge in [0.2, 0.25) is 5.76 Å². The maximum Gasteiger partial charge on any atom is 0.376 e. The van der Waals surface area contributed by atoms with Crippen molar-refractivity contribution in [1.29, 1.82) is 5.26 Å². The van der Waals surface area contributed by atoms with Crippen LogP contribution in [0.1, 0.15) is 6.92 Å². The van der Waals surface area contributed by atoms with Crippen molar-refractivity contribution in [3.8, 4) is 6.07 Å². The zero-order valence-electron chi connectivity index (χ0n) is 6.03. The number of nitrogens with zero attached hydrogens (tertiary/aromatic N) is 1. The van der Waals surface area contributed by atoms with Gasteiger partial charge >= 0.3 is 5.97 Å². The van der Waals surface area contributed by atoms with Gasteiger partial charge in [0, 0.05) is 0 Å². The fourth-order valence-electron chi connectivity index (χ4n) is 0.402. The van der Waals surface area contributed by atoms with Crippen LogP contribution >= 0.6 is 0 Å². The van der Waals surface area contributed by atoms with Crippen molar-refractivity contribution in [2.45, 2.75) is 6.92 Å². The quantitative estimate of drug-likeness (QED) is 0.202. The van der Waals surface area contributed by atoms with E-state index in [1.54, 1.807) is 13.0 Å². The van der Waals surface area contributed by atoms with Crippen LogP contribution in [0.15, 0.2) is 11.8 Å². The molecular formula is C6H8N2O3. The number of esters is 1. The van der Waals surface area contributed by atoms with Gasteiger partial charge in [-0.15, -0.1) is 0 Å². The van der Waals surface area contributed by atoms with E-state index in [4.69, 9.17) is 5.26 Å². The van der Waals surface area contributed by atoms with Gasteiger partial charge in [0.05, 0.1) is 18.8 Å². The molecule has 0 aromatic carbocycles. The zero-order valence-corrected chi connectivity index (χ0v) is 6.03. The Hall–Kier alpha value is -1.54. The Morgan fingerprint density at radius 3 is 2.82 bits per heavy atom. The van der Waals surface area contributed by atoms with Crippen LogP contribution in [0.5, 0.6) is 0 Å². The number of carbonyl (C=O) groups is 1. The molecule has 60 valence electrons. The van der Waals surface area contributed by atoms with Gasteiger partial charge in [0.25, 0.3) is 0 Å². The number of hydrogen-bond donors (Lipinski definition) is 1. The van der Waals surface area contributed by atoms with Crippen LogP contribution in [0.2, 0.25) is 0 Å². The lowest BCUT2D eigenvalue weighted by Gasteiger charge is -2.01. The number of ether oxygens (including phenoxy) is 1. The molecule has 0 rings (SSSR count). The van der Waals surface area contributed by atoms with E-state index in [-0.39, 0.29) is 12.4 Å². The van der Waals surface area contributed by atoms with Crippen LogP contribution in [-0.2, 0) is 14.4 Å². The fourth-order valence-corrected chi connectivity index (χ4v) is 0.402. The highest BCUT2D eigenvalue weighted by atomic mass is 16.6. The normalized spacial score (nSPS) is 10.1. The summed E-state index contributed by atoms with van der Waals surface area (Å²) >= 11 is 0. The van der Waals surface area contributed by atoms with E-state index >= 15 is 0 Å². The average Bonchev–Trinajstić information content (AvgIpc) is 2.00. The summed E-state index contributed by atoms with van der Waals surface area (Å²) in [5.74, 6) is 3.63. The third kappa shape index (κ3) is 3.23. The molecular weight excluding hydrogens is 148 g/mol. The number of allylic oxidation sites excluding steroid dienone is 1. The zero-order chi connectivity index (χ0) is 8.69. The highest BCUT2D eigenvalue weighted by Crippen LogP contribution is 1.95. The highest BCUT2D eigenvalue weighted by Gasteiger charge is 2.10. The molecule has 5 nitrogen and oxygen atoms in total. The molecule has 0 saturated heterocycles. The maximum absolute atomic E-state index is 10.7. The first kappa shape index (κ1) is 9.46. The van der Waals surface area contributed by atoms with Gasteiger partial charge in [-0.25, -0.2) is 4.79 Å². The predicted molar refractivity (Wildman–Crippen MR) is 35.6 cm³/mol. The van der Waals surface area contributed by atoms with Gasteiger partial charge in [0.15, 0.2) is 0 Å². The van der Waals surface area contributed by atoms with Crippen LogP contribution in [0, 0.1) is 11.3 Å². The van der Waals surface area contributed by atoms with Crippen molar-refractivity contribution < 1.29 is 14.4 Å². The summed E-state index contributed by atoms with van der Waals surface area (Å²) in [7, 11) is 0. The Bertz CT molecular complexity index is 204. The van der Waals surface area contributed by atoms with Gasteiger partial charge in [-0.05, 0) is 6.92 Å². The van der Waals surface area contributed by atoms with Crippen LogP contribution in [-0.4, -0.2) is 12.6 Å². The first-order chi connectivity index (χ1) is 5.26. The van der Waals surface area contributed by atoms with E-state index in [9.17, 15) is 4.79 Å². The fraction of sp³-hybridized carbons (Fsp3) is 0.333. The van der Waals surface area contributed by atoms with Gasteiger partial charge in [-0.3, -0.25) is 0 Å². The first-order valence-corrected chi connectivity index (χ1v) is 2.89. The molecule has 0 saturated carbocycles. The van der Waals surface area contributed by atoms with Crippen LogP contribution < -0.4 is 5.90 Å². The largest absolute Gasteiger partial charge is 0.460 e. The molecule has 0 amide bonds. The number of nitrogens with two attached hydrogens (primary N) is 1. The number of rotatable bonds is 3. The van der Waals surface area contributed by atoms with Gasteiger partial charge in [0.1, 0.15) is 0 Å². The Morgan fingerprint density at radius 2 is 2.45 bits per heavy atom. The molecule has 0 unspecified atom stereocenters. The maximum atomic E-state index is 10.7. The topological polar surface area (TPSA) is 85.3 Å². The van der Waals surface area contributed by atoms with Crippen molar-refractivity contribution in [2.75, 3.05) is 6.61 Å². The smallest absolute Gasteiger partial charge is 0.376 e. The Balaban J connectivity index is 4.17. The highest BCUT2D eigenvalue weighted by molar-refractivity contribution is 5.86. The van der Waals surface area contributed by atoms with Gasteiger partial charge < -0.3 is 9.57 Å². The summed E-state index contributed by atoms with van der Waals surface area (Å²) in [6.07, 6.45) is 0.873. The second kappa shape index (κ2) is 5.26. The van der Waals surface area contributed by atoms with E-state index in [1.807, 2.05) is 0 Å². The third-order valence-electron chi connectivity index (χ3n) is 0.799. The Labute approximate surface area is 63.9 Å². The second-order valence-corrected chi connectivity index (χ2v) is 1.48. The molecule has 11 heavy (non-hydrogen) atoms. The summed E-state index contributed by atoms with van der Waals surface area (Å²) in [4.78, 5) is 14.8. The minimum absolute atomic E-state index is 0.213. The molecule has 0 bridgehead atoms. The molecule has 0 aliphatic heterocycles. The van der Waals surface area contributed by atoms with Crippen LogP contribution in [0.3, 0.4) is 0 Å². The molecule has 0 aromatic rings. The van der Waals surface area contributed by atoms with E-state index in [1.165, 1.54) is 0 Å². The Morgan fingerprint density at radius 1 is 1.82 bits per heavy atom. The van der Waals surface area contributed by atoms with Crippen molar-refractivity contribution in [3.63, 3.8) is 0 Å². The van der Waals surface area contributed by atoms with Crippen molar-refractivity contribution in [3.05, 3.63) is 11.8 Å². The van der Waals surface area contributed by atoms with Crippen molar-refractivity contribution in [2.24, 2.45) is 5.90 Å². The lowest BCUT2D eigenvalue weighted by molar-refractivity contribution is -0.142. The summed E-state index contributed by atoms with van der Waals surface area (Å²) in [5, 5.41) is 8.12. The summed E-state index contributed by atoms with van der Waals surface area (Å²) in [6, 6.07) is 1.59. The molecule has 0 aliphatic carbocycles. The van der Waals surface area contributed by atoms with E-state index in [2.05, 4.69) is 15.5 Å². The number of carbonyl (C=O) groups excluding carboxylic acids is 1. The van der Waals surface area contributed by atoms with E-state index in [0.717, 1.165) is 6.08 Å².